The Morgan fingerprint density at radius 3 is 2.19 bits per heavy atom. The van der Waals surface area contributed by atoms with E-state index in [0.717, 1.165) is 11.3 Å². The van der Waals surface area contributed by atoms with Crippen molar-refractivity contribution in [2.45, 2.75) is 42.7 Å². The Labute approximate surface area is 164 Å². The Kier molecular flexibility index (Phi) is 5.78. The van der Waals surface area contributed by atoms with Gasteiger partial charge < -0.3 is 0 Å². The molecule has 0 unspecified atom stereocenters. The standard InChI is InChI=1S/C16H24N4O4S3/c1-4-14-6-7-15(25-14)26(21,22)19-8-5-9-20(11-10-19)27(23,24)16-12(2)17-18-13(16)3/h6-7H,4-5,8-11H2,1-3H3,(H,17,18). The molecule has 27 heavy (non-hydrogen) atoms. The van der Waals surface area contributed by atoms with Crippen molar-refractivity contribution >= 4 is 31.4 Å². The van der Waals surface area contributed by atoms with Crippen LogP contribution in [0.4, 0.5) is 0 Å². The Morgan fingerprint density at radius 1 is 1.04 bits per heavy atom. The SMILES string of the molecule is CCc1ccc(S(=O)(=O)N2CCCN(S(=O)(=O)c3c(C)n[nH]c3C)CC2)s1. The molecule has 1 N–H and O–H groups in total. The fraction of sp³-hybridized carbons (Fsp3) is 0.562. The lowest BCUT2D eigenvalue weighted by molar-refractivity contribution is 0.405. The molecule has 8 nitrogen and oxygen atoms in total. The van der Waals surface area contributed by atoms with E-state index >= 15 is 0 Å². The van der Waals surface area contributed by atoms with Gasteiger partial charge in [0.05, 0.1) is 11.4 Å². The third-order valence-corrected chi connectivity index (χ3v) is 10.4. The number of aromatic amines is 1. The maximum absolute atomic E-state index is 13.0. The number of rotatable bonds is 5. The molecule has 1 saturated heterocycles. The van der Waals surface area contributed by atoms with Crippen molar-refractivity contribution in [3.8, 4) is 0 Å². The summed E-state index contributed by atoms with van der Waals surface area (Å²) in [6, 6.07) is 3.47. The monoisotopic (exact) mass is 432 g/mol. The highest BCUT2D eigenvalue weighted by Crippen LogP contribution is 2.27. The van der Waals surface area contributed by atoms with Gasteiger partial charge in [0.15, 0.2) is 0 Å². The van der Waals surface area contributed by atoms with Crippen molar-refractivity contribution in [2.75, 3.05) is 26.2 Å². The molecule has 0 aromatic carbocycles. The first-order valence-corrected chi connectivity index (χ1v) is 12.5. The van der Waals surface area contributed by atoms with Crippen molar-refractivity contribution in [3.63, 3.8) is 0 Å². The number of H-pyrrole nitrogens is 1. The number of hydrogen-bond donors (Lipinski definition) is 1. The van der Waals surface area contributed by atoms with Gasteiger partial charge in [0, 0.05) is 31.1 Å². The van der Waals surface area contributed by atoms with E-state index in [1.165, 1.54) is 19.9 Å². The highest BCUT2D eigenvalue weighted by molar-refractivity contribution is 7.91. The highest BCUT2D eigenvalue weighted by atomic mass is 32.2. The second-order valence-corrected chi connectivity index (χ2v) is 11.7. The molecule has 2 aromatic rings. The van der Waals surface area contributed by atoms with E-state index in [9.17, 15) is 16.8 Å². The van der Waals surface area contributed by atoms with Crippen LogP contribution in [0.25, 0.3) is 0 Å². The summed E-state index contributed by atoms with van der Waals surface area (Å²) in [6.07, 6.45) is 1.23. The summed E-state index contributed by atoms with van der Waals surface area (Å²) < 4.78 is 54.9. The predicted octanol–water partition coefficient (Wildman–Crippen LogP) is 1.74. The molecule has 0 spiro atoms. The molecule has 11 heteroatoms. The summed E-state index contributed by atoms with van der Waals surface area (Å²) >= 11 is 1.27. The maximum atomic E-state index is 13.0. The van der Waals surface area contributed by atoms with Gasteiger partial charge in [-0.2, -0.15) is 13.7 Å². The van der Waals surface area contributed by atoms with Crippen molar-refractivity contribution in [3.05, 3.63) is 28.4 Å². The van der Waals surface area contributed by atoms with Crippen LogP contribution in [0.5, 0.6) is 0 Å². The molecule has 0 amide bonds. The van der Waals surface area contributed by atoms with Gasteiger partial charge in [0.1, 0.15) is 9.10 Å². The van der Waals surface area contributed by atoms with Crippen LogP contribution in [0.1, 0.15) is 29.6 Å². The summed E-state index contributed by atoms with van der Waals surface area (Å²) in [4.78, 5) is 1.20. The molecule has 150 valence electrons. The maximum Gasteiger partial charge on any atom is 0.252 e. The van der Waals surface area contributed by atoms with Crippen molar-refractivity contribution in [2.24, 2.45) is 0 Å². The molecular formula is C16H24N4O4S3. The van der Waals surface area contributed by atoms with Gasteiger partial charge in [-0.25, -0.2) is 16.8 Å². The van der Waals surface area contributed by atoms with Crippen molar-refractivity contribution in [1.82, 2.24) is 18.8 Å². The minimum atomic E-state index is -3.72. The fourth-order valence-electron chi connectivity index (χ4n) is 3.21. The largest absolute Gasteiger partial charge is 0.281 e. The third kappa shape index (κ3) is 3.83. The van der Waals surface area contributed by atoms with Gasteiger partial charge in [0.2, 0.25) is 10.0 Å². The first-order valence-electron chi connectivity index (χ1n) is 8.78. The Balaban J connectivity index is 1.81. The summed E-state index contributed by atoms with van der Waals surface area (Å²) in [5.74, 6) is 0. The highest BCUT2D eigenvalue weighted by Gasteiger charge is 2.34. The minimum absolute atomic E-state index is 0.123. The number of sulfonamides is 2. The molecule has 0 bridgehead atoms. The van der Waals surface area contributed by atoms with E-state index in [-0.39, 0.29) is 24.5 Å². The van der Waals surface area contributed by atoms with E-state index in [2.05, 4.69) is 10.2 Å². The van der Waals surface area contributed by atoms with E-state index < -0.39 is 20.0 Å². The summed E-state index contributed by atoms with van der Waals surface area (Å²) in [6.45, 7) is 6.14. The van der Waals surface area contributed by atoms with Crippen LogP contribution >= 0.6 is 11.3 Å². The number of nitrogens with one attached hydrogen (secondary N) is 1. The second kappa shape index (κ2) is 7.63. The summed E-state index contributed by atoms with van der Waals surface area (Å²) in [7, 11) is -7.32. The molecule has 0 atom stereocenters. The van der Waals surface area contributed by atoms with Gasteiger partial charge in [0.25, 0.3) is 10.0 Å². The van der Waals surface area contributed by atoms with Gasteiger partial charge in [-0.15, -0.1) is 11.3 Å². The van der Waals surface area contributed by atoms with Gasteiger partial charge in [-0.05, 0) is 38.8 Å². The lowest BCUT2D eigenvalue weighted by Crippen LogP contribution is -2.37. The molecule has 1 aliphatic rings. The summed E-state index contributed by atoms with van der Waals surface area (Å²) in [5, 5.41) is 6.67. The van der Waals surface area contributed by atoms with Crippen LogP contribution in [-0.2, 0) is 26.5 Å². The lowest BCUT2D eigenvalue weighted by Gasteiger charge is -2.21. The van der Waals surface area contributed by atoms with Crippen molar-refractivity contribution in [1.29, 1.82) is 0 Å². The lowest BCUT2D eigenvalue weighted by atomic mass is 10.4. The smallest absolute Gasteiger partial charge is 0.252 e. The topological polar surface area (TPSA) is 103 Å². The first kappa shape index (κ1) is 20.5. The molecule has 3 heterocycles. The minimum Gasteiger partial charge on any atom is -0.281 e. The molecule has 1 fully saturated rings. The first-order chi connectivity index (χ1) is 12.7. The van der Waals surface area contributed by atoms with Crippen LogP contribution in [0.2, 0.25) is 0 Å². The zero-order valence-corrected chi connectivity index (χ0v) is 18.0. The predicted molar refractivity (Wildman–Crippen MR) is 104 cm³/mol. The normalized spacial score (nSPS) is 17.9. The Bertz CT molecular complexity index is 1000. The van der Waals surface area contributed by atoms with Crippen LogP contribution in [-0.4, -0.2) is 61.8 Å². The van der Waals surface area contributed by atoms with Crippen LogP contribution < -0.4 is 0 Å². The van der Waals surface area contributed by atoms with Crippen molar-refractivity contribution < 1.29 is 16.8 Å². The van der Waals surface area contributed by atoms with Gasteiger partial charge >= 0.3 is 0 Å². The van der Waals surface area contributed by atoms with E-state index in [1.54, 1.807) is 19.9 Å². The Morgan fingerprint density at radius 2 is 1.67 bits per heavy atom. The van der Waals surface area contributed by atoms with Crippen LogP contribution in [0.15, 0.2) is 21.2 Å². The average molecular weight is 433 g/mol. The number of hydrogen-bond acceptors (Lipinski definition) is 6. The number of aromatic nitrogens is 2. The molecule has 2 aromatic heterocycles. The molecule has 1 aliphatic heterocycles. The third-order valence-electron chi connectivity index (χ3n) is 4.65. The number of aryl methyl sites for hydroxylation is 3. The number of nitrogens with zero attached hydrogens (tertiary/aromatic N) is 3. The average Bonchev–Trinajstić information content (AvgIpc) is 3.13. The van der Waals surface area contributed by atoms with Gasteiger partial charge in [-0.3, -0.25) is 5.10 Å². The molecule has 0 radical (unpaired) electrons. The zero-order chi connectivity index (χ0) is 19.8. The molecular weight excluding hydrogens is 408 g/mol. The van der Waals surface area contributed by atoms with Crippen LogP contribution in [0, 0.1) is 13.8 Å². The quantitative estimate of drug-likeness (QED) is 0.775. The molecule has 3 rings (SSSR count). The Hall–Kier alpha value is -1.27. The fourth-order valence-corrected chi connectivity index (χ4v) is 7.94. The second-order valence-electron chi connectivity index (χ2n) is 6.50. The van der Waals surface area contributed by atoms with Crippen LogP contribution in [0.3, 0.4) is 0 Å². The van der Waals surface area contributed by atoms with E-state index in [4.69, 9.17) is 0 Å². The molecule has 0 aliphatic carbocycles. The van der Waals surface area contributed by atoms with E-state index in [1.807, 2.05) is 13.0 Å². The number of thiophene rings is 1. The summed E-state index contributed by atoms with van der Waals surface area (Å²) in [5.41, 5.74) is 0.916. The zero-order valence-electron chi connectivity index (χ0n) is 15.6. The molecule has 0 saturated carbocycles. The van der Waals surface area contributed by atoms with Gasteiger partial charge in [-0.1, -0.05) is 6.92 Å². The van der Waals surface area contributed by atoms with E-state index in [0.29, 0.717) is 28.6 Å².